The molecular weight excluding hydrogens is 338 g/mol. The van der Waals surface area contributed by atoms with Crippen LogP contribution >= 0.6 is 11.3 Å². The van der Waals surface area contributed by atoms with Crippen molar-refractivity contribution in [2.24, 2.45) is 0 Å². The first-order valence-corrected chi connectivity index (χ1v) is 9.25. The van der Waals surface area contributed by atoms with Crippen LogP contribution in [-0.2, 0) is 11.2 Å². The number of hydrogen-bond acceptors (Lipinski definition) is 4. The largest absolute Gasteiger partial charge is 0.478 e. The molecule has 5 nitrogen and oxygen atoms in total. The zero-order valence-corrected chi connectivity index (χ0v) is 14.6. The summed E-state index contributed by atoms with van der Waals surface area (Å²) in [6.45, 7) is 0.716. The molecule has 3 rings (SSSR count). The van der Waals surface area contributed by atoms with Crippen LogP contribution in [0.5, 0.6) is 0 Å². The molecule has 1 aromatic carbocycles. The van der Waals surface area contributed by atoms with Crippen LogP contribution in [0.1, 0.15) is 46.2 Å². The van der Waals surface area contributed by atoms with Gasteiger partial charge in [0.2, 0.25) is 5.91 Å². The minimum absolute atomic E-state index is 0.0314. The van der Waals surface area contributed by atoms with Gasteiger partial charge in [-0.25, -0.2) is 4.79 Å². The Kier molecular flexibility index (Phi) is 5.50. The van der Waals surface area contributed by atoms with Gasteiger partial charge in [0.05, 0.1) is 18.1 Å². The molecule has 132 valence electrons. The highest BCUT2D eigenvalue weighted by Crippen LogP contribution is 2.29. The number of carboxylic acids is 1. The predicted molar refractivity (Wildman–Crippen MR) is 95.7 cm³/mol. The Bertz CT molecular complexity index is 726. The molecule has 1 aromatic heterocycles. The lowest BCUT2D eigenvalue weighted by atomic mass is 10.0. The van der Waals surface area contributed by atoms with Crippen molar-refractivity contribution >= 4 is 23.2 Å². The molecule has 6 heteroatoms. The number of likely N-dealkylation sites (tertiary alicyclic amines) is 1. The SMILES string of the molecule is O=C(O)c1ccc(CC(=O)N2CCCC2CC(O)c2cccs2)cc1. The Hall–Kier alpha value is -2.18. The Morgan fingerprint density at radius 2 is 2.00 bits per heavy atom. The van der Waals surface area contributed by atoms with Crippen molar-refractivity contribution in [2.45, 2.75) is 37.8 Å². The summed E-state index contributed by atoms with van der Waals surface area (Å²) in [5, 5.41) is 21.2. The highest BCUT2D eigenvalue weighted by Gasteiger charge is 2.30. The number of aliphatic hydroxyl groups excluding tert-OH is 1. The molecule has 1 fully saturated rings. The van der Waals surface area contributed by atoms with E-state index in [9.17, 15) is 14.7 Å². The van der Waals surface area contributed by atoms with Gasteiger partial charge >= 0.3 is 5.97 Å². The van der Waals surface area contributed by atoms with Crippen molar-refractivity contribution in [1.29, 1.82) is 0 Å². The van der Waals surface area contributed by atoms with E-state index in [2.05, 4.69) is 0 Å². The summed E-state index contributed by atoms with van der Waals surface area (Å²) in [7, 11) is 0. The third-order valence-electron chi connectivity index (χ3n) is 4.62. The Morgan fingerprint density at radius 3 is 2.64 bits per heavy atom. The summed E-state index contributed by atoms with van der Waals surface area (Å²) < 4.78 is 0. The molecule has 1 aliphatic heterocycles. The van der Waals surface area contributed by atoms with Gasteiger partial charge in [-0.05, 0) is 48.4 Å². The Labute approximate surface area is 150 Å². The van der Waals surface area contributed by atoms with Gasteiger partial charge in [-0.1, -0.05) is 18.2 Å². The number of nitrogens with zero attached hydrogens (tertiary/aromatic N) is 1. The van der Waals surface area contributed by atoms with Crippen LogP contribution in [0, 0.1) is 0 Å². The Morgan fingerprint density at radius 1 is 1.24 bits per heavy atom. The molecule has 0 radical (unpaired) electrons. The van der Waals surface area contributed by atoms with E-state index in [0.29, 0.717) is 13.0 Å². The summed E-state index contributed by atoms with van der Waals surface area (Å²) in [6.07, 6.45) is 2.14. The summed E-state index contributed by atoms with van der Waals surface area (Å²) in [5.74, 6) is -0.941. The minimum atomic E-state index is -0.972. The van der Waals surface area contributed by atoms with Crippen molar-refractivity contribution in [1.82, 2.24) is 4.90 Å². The molecule has 2 atom stereocenters. The number of thiophene rings is 1. The maximum Gasteiger partial charge on any atom is 0.335 e. The smallest absolute Gasteiger partial charge is 0.335 e. The first kappa shape index (κ1) is 17.6. The second-order valence-corrected chi connectivity index (χ2v) is 7.31. The number of carbonyl (C=O) groups excluding carboxylic acids is 1. The van der Waals surface area contributed by atoms with E-state index in [1.54, 1.807) is 12.1 Å². The number of benzene rings is 1. The molecule has 0 bridgehead atoms. The second kappa shape index (κ2) is 7.80. The van der Waals surface area contributed by atoms with E-state index in [1.807, 2.05) is 22.4 Å². The number of rotatable bonds is 6. The number of carbonyl (C=O) groups is 2. The van der Waals surface area contributed by atoms with E-state index in [4.69, 9.17) is 5.11 Å². The van der Waals surface area contributed by atoms with Crippen LogP contribution in [0.15, 0.2) is 41.8 Å². The monoisotopic (exact) mass is 359 g/mol. The second-order valence-electron chi connectivity index (χ2n) is 6.33. The van der Waals surface area contributed by atoms with E-state index >= 15 is 0 Å². The highest BCUT2D eigenvalue weighted by molar-refractivity contribution is 7.10. The van der Waals surface area contributed by atoms with Gasteiger partial charge in [0.25, 0.3) is 0 Å². The van der Waals surface area contributed by atoms with Crippen molar-refractivity contribution in [2.75, 3.05) is 6.54 Å². The van der Waals surface area contributed by atoms with Crippen LogP contribution in [0.4, 0.5) is 0 Å². The molecule has 0 saturated carbocycles. The van der Waals surface area contributed by atoms with Crippen LogP contribution in [0.3, 0.4) is 0 Å². The lowest BCUT2D eigenvalue weighted by molar-refractivity contribution is -0.131. The number of amides is 1. The van der Waals surface area contributed by atoms with Gasteiger partial charge in [-0.3, -0.25) is 4.79 Å². The molecule has 1 amide bonds. The first-order valence-electron chi connectivity index (χ1n) is 8.38. The molecule has 0 aliphatic carbocycles. The molecular formula is C19H21NO4S. The maximum absolute atomic E-state index is 12.6. The Balaban J connectivity index is 1.61. The van der Waals surface area contributed by atoms with Gasteiger partial charge < -0.3 is 15.1 Å². The normalized spacial score (nSPS) is 18.3. The fourth-order valence-electron chi connectivity index (χ4n) is 3.31. The molecule has 1 aliphatic rings. The number of aromatic carboxylic acids is 1. The lowest BCUT2D eigenvalue weighted by Crippen LogP contribution is -2.37. The third kappa shape index (κ3) is 4.27. The lowest BCUT2D eigenvalue weighted by Gasteiger charge is -2.26. The van der Waals surface area contributed by atoms with Crippen LogP contribution in [0.2, 0.25) is 0 Å². The predicted octanol–water partition coefficient (Wildman–Crippen LogP) is 3.10. The summed E-state index contributed by atoms with van der Waals surface area (Å²) in [6, 6.07) is 10.3. The van der Waals surface area contributed by atoms with Crippen LogP contribution < -0.4 is 0 Å². The zero-order chi connectivity index (χ0) is 17.8. The average molecular weight is 359 g/mol. The number of aliphatic hydroxyl groups is 1. The fraction of sp³-hybridized carbons (Fsp3) is 0.368. The standard InChI is InChI=1S/C19H21NO4S/c21-16(17-4-2-10-25-17)12-15-3-1-9-20(15)18(22)11-13-5-7-14(8-6-13)19(23)24/h2,4-8,10,15-16,21H,1,3,9,11-12H2,(H,23,24). The average Bonchev–Trinajstić information content (AvgIpc) is 3.27. The topological polar surface area (TPSA) is 77.8 Å². The fourth-order valence-corrected chi connectivity index (χ4v) is 4.03. The molecule has 0 spiro atoms. The molecule has 25 heavy (non-hydrogen) atoms. The van der Waals surface area contributed by atoms with Gasteiger partial charge in [0.1, 0.15) is 0 Å². The molecule has 1 saturated heterocycles. The van der Waals surface area contributed by atoms with Gasteiger partial charge in [-0.2, -0.15) is 0 Å². The van der Waals surface area contributed by atoms with Crippen LogP contribution in [-0.4, -0.2) is 39.6 Å². The quantitative estimate of drug-likeness (QED) is 0.831. The van der Waals surface area contributed by atoms with Gasteiger partial charge in [-0.15, -0.1) is 11.3 Å². The number of carboxylic acid groups (broad SMARTS) is 1. The molecule has 2 heterocycles. The third-order valence-corrected chi connectivity index (χ3v) is 5.59. The highest BCUT2D eigenvalue weighted by atomic mass is 32.1. The van der Waals surface area contributed by atoms with Crippen molar-refractivity contribution in [3.63, 3.8) is 0 Å². The summed E-state index contributed by atoms with van der Waals surface area (Å²) in [4.78, 5) is 26.3. The van der Waals surface area contributed by atoms with Crippen molar-refractivity contribution in [3.05, 3.63) is 57.8 Å². The van der Waals surface area contributed by atoms with E-state index < -0.39 is 12.1 Å². The van der Waals surface area contributed by atoms with Crippen molar-refractivity contribution < 1.29 is 19.8 Å². The zero-order valence-electron chi connectivity index (χ0n) is 13.8. The summed E-state index contributed by atoms with van der Waals surface area (Å²) >= 11 is 1.53. The van der Waals surface area contributed by atoms with Crippen molar-refractivity contribution in [3.8, 4) is 0 Å². The van der Waals surface area contributed by atoms with Crippen LogP contribution in [0.25, 0.3) is 0 Å². The number of hydrogen-bond donors (Lipinski definition) is 2. The molecule has 2 unspecified atom stereocenters. The first-order chi connectivity index (χ1) is 12.0. The molecule has 2 aromatic rings. The van der Waals surface area contributed by atoms with Gasteiger partial charge in [0.15, 0.2) is 0 Å². The van der Waals surface area contributed by atoms with E-state index in [-0.39, 0.29) is 23.9 Å². The van der Waals surface area contributed by atoms with E-state index in [1.165, 1.54) is 23.5 Å². The minimum Gasteiger partial charge on any atom is -0.478 e. The maximum atomic E-state index is 12.6. The molecule has 2 N–H and O–H groups in total. The van der Waals surface area contributed by atoms with Gasteiger partial charge in [0, 0.05) is 17.5 Å². The van der Waals surface area contributed by atoms with E-state index in [0.717, 1.165) is 23.3 Å². The summed E-state index contributed by atoms with van der Waals surface area (Å²) in [5.41, 5.74) is 1.02.